The molecule has 0 N–H and O–H groups in total. The van der Waals surface area contributed by atoms with Gasteiger partial charge in [-0.1, -0.05) is 41.9 Å². The first-order valence-corrected chi connectivity index (χ1v) is 9.42. The number of hydrogen-bond donors (Lipinski definition) is 0. The summed E-state index contributed by atoms with van der Waals surface area (Å²) in [6, 6.07) is 15.2. The first kappa shape index (κ1) is 16.1. The Bertz CT molecular complexity index is 771. The largest absolute Gasteiger partial charge is 0.223 e. The predicted molar refractivity (Wildman–Crippen MR) is 90.4 cm³/mol. The lowest BCUT2D eigenvalue weighted by molar-refractivity contribution is 0.571. The maximum absolute atomic E-state index is 13.1. The Hall–Kier alpha value is -0.740. The van der Waals surface area contributed by atoms with E-state index in [4.69, 9.17) is 34.8 Å². The molecule has 1 aliphatic carbocycles. The zero-order chi connectivity index (χ0) is 16.0. The summed E-state index contributed by atoms with van der Waals surface area (Å²) in [4.78, 5) is 0.224. The van der Waals surface area contributed by atoms with Crippen molar-refractivity contribution in [1.29, 1.82) is 0 Å². The summed E-state index contributed by atoms with van der Waals surface area (Å²) in [5, 5.41) is -0.268. The molecule has 0 heterocycles. The van der Waals surface area contributed by atoms with Crippen molar-refractivity contribution >= 4 is 44.6 Å². The molecule has 2 atom stereocenters. The van der Waals surface area contributed by atoms with Crippen LogP contribution in [0.25, 0.3) is 0 Å². The molecule has 3 rings (SSSR count). The second-order valence-electron chi connectivity index (χ2n) is 5.40. The van der Waals surface area contributed by atoms with Crippen molar-refractivity contribution in [2.75, 3.05) is 0 Å². The number of alkyl halides is 2. The molecule has 1 fully saturated rings. The van der Waals surface area contributed by atoms with Crippen molar-refractivity contribution in [3.8, 4) is 0 Å². The fourth-order valence-electron chi connectivity index (χ4n) is 2.60. The highest BCUT2D eigenvalue weighted by Crippen LogP contribution is 2.61. The van der Waals surface area contributed by atoms with Gasteiger partial charge < -0.3 is 0 Å². The van der Waals surface area contributed by atoms with Crippen LogP contribution in [-0.4, -0.2) is 12.8 Å². The molecule has 2 aromatic rings. The van der Waals surface area contributed by atoms with Gasteiger partial charge in [-0.2, -0.15) is 0 Å². The lowest BCUT2D eigenvalue weighted by Gasteiger charge is -2.19. The van der Waals surface area contributed by atoms with Gasteiger partial charge in [-0.15, -0.1) is 23.2 Å². The smallest absolute Gasteiger partial charge is 0.185 e. The maximum Gasteiger partial charge on any atom is 0.185 e. The van der Waals surface area contributed by atoms with Crippen LogP contribution in [0.4, 0.5) is 0 Å². The Morgan fingerprint density at radius 1 is 1.00 bits per heavy atom. The molecular formula is C16H13Cl3O2S. The summed E-state index contributed by atoms with van der Waals surface area (Å²) in [6.45, 7) is 0. The minimum absolute atomic E-state index is 0.224. The number of benzene rings is 2. The Kier molecular flexibility index (Phi) is 4.19. The van der Waals surface area contributed by atoms with E-state index in [9.17, 15) is 8.42 Å². The topological polar surface area (TPSA) is 34.1 Å². The van der Waals surface area contributed by atoms with E-state index in [0.29, 0.717) is 17.0 Å². The minimum atomic E-state index is -3.61. The molecule has 0 amide bonds. The molecule has 1 aliphatic rings. The second-order valence-corrected chi connectivity index (χ2v) is 9.45. The molecule has 0 radical (unpaired) electrons. The molecule has 22 heavy (non-hydrogen) atoms. The van der Waals surface area contributed by atoms with Gasteiger partial charge in [-0.25, -0.2) is 8.42 Å². The Labute approximate surface area is 144 Å². The molecule has 0 aromatic heterocycles. The van der Waals surface area contributed by atoms with Crippen molar-refractivity contribution in [3.05, 3.63) is 65.2 Å². The quantitative estimate of drug-likeness (QED) is 0.701. The van der Waals surface area contributed by atoms with E-state index in [0.717, 1.165) is 0 Å². The highest BCUT2D eigenvalue weighted by molar-refractivity contribution is 7.91. The molecule has 2 unspecified atom stereocenters. The van der Waals surface area contributed by atoms with Crippen LogP contribution >= 0.6 is 34.8 Å². The lowest BCUT2D eigenvalue weighted by Crippen LogP contribution is -2.18. The third kappa shape index (κ3) is 3.00. The monoisotopic (exact) mass is 374 g/mol. The van der Waals surface area contributed by atoms with E-state index in [-0.39, 0.29) is 10.8 Å². The highest BCUT2D eigenvalue weighted by Gasteiger charge is 2.59. The molecule has 1 saturated carbocycles. The van der Waals surface area contributed by atoms with Crippen LogP contribution < -0.4 is 0 Å². The van der Waals surface area contributed by atoms with E-state index in [1.165, 1.54) is 12.1 Å². The first-order valence-electron chi connectivity index (χ1n) is 6.74. The van der Waals surface area contributed by atoms with Crippen molar-refractivity contribution < 1.29 is 8.42 Å². The SMILES string of the molecule is O=S(=O)(c1ccc(Cl)cc1)C(c1ccccc1)C1CC1(Cl)Cl. The molecule has 2 aromatic carbocycles. The summed E-state index contributed by atoms with van der Waals surface area (Å²) in [6.07, 6.45) is 0.461. The number of rotatable bonds is 4. The third-order valence-corrected chi connectivity index (χ3v) is 7.16. The average molecular weight is 376 g/mol. The van der Waals surface area contributed by atoms with Crippen LogP contribution in [0.2, 0.25) is 5.02 Å². The van der Waals surface area contributed by atoms with Crippen molar-refractivity contribution in [2.24, 2.45) is 5.92 Å². The van der Waals surface area contributed by atoms with E-state index < -0.39 is 19.4 Å². The highest BCUT2D eigenvalue weighted by atomic mass is 35.5. The molecule has 2 nitrogen and oxygen atoms in total. The molecule has 0 bridgehead atoms. The first-order chi connectivity index (χ1) is 10.3. The van der Waals surface area contributed by atoms with Crippen molar-refractivity contribution in [3.63, 3.8) is 0 Å². The van der Waals surface area contributed by atoms with E-state index in [1.54, 1.807) is 24.3 Å². The van der Waals surface area contributed by atoms with Gasteiger partial charge >= 0.3 is 0 Å². The van der Waals surface area contributed by atoms with E-state index >= 15 is 0 Å². The number of sulfone groups is 1. The standard InChI is InChI=1S/C16H13Cl3O2S/c17-12-6-8-13(9-7-12)22(20,21)15(14-10-16(14,18)19)11-4-2-1-3-5-11/h1-9,14-15H,10H2. The molecule has 0 spiro atoms. The van der Waals surface area contributed by atoms with Gasteiger partial charge in [0.2, 0.25) is 0 Å². The summed E-state index contributed by atoms with van der Waals surface area (Å²) < 4.78 is 25.1. The molecule has 0 saturated heterocycles. The Balaban J connectivity index is 2.08. The van der Waals surface area contributed by atoms with Crippen LogP contribution in [0.15, 0.2) is 59.5 Å². The van der Waals surface area contributed by atoms with Gasteiger partial charge in [0.15, 0.2) is 9.84 Å². The van der Waals surface area contributed by atoms with Crippen molar-refractivity contribution in [2.45, 2.75) is 20.9 Å². The van der Waals surface area contributed by atoms with Crippen LogP contribution in [-0.2, 0) is 9.84 Å². The normalized spacial score (nSPS) is 21.3. The van der Waals surface area contributed by atoms with Crippen LogP contribution in [0.1, 0.15) is 17.2 Å². The average Bonchev–Trinajstić information content (AvgIpc) is 3.08. The van der Waals surface area contributed by atoms with Crippen LogP contribution in [0, 0.1) is 5.92 Å². The summed E-state index contributed by atoms with van der Waals surface area (Å²) in [5.74, 6) is -0.320. The van der Waals surface area contributed by atoms with Gasteiger partial charge in [0.05, 0.1) is 10.1 Å². The van der Waals surface area contributed by atoms with Gasteiger partial charge in [-0.3, -0.25) is 0 Å². The molecular weight excluding hydrogens is 363 g/mol. The molecule has 0 aliphatic heterocycles. The van der Waals surface area contributed by atoms with E-state index in [2.05, 4.69) is 0 Å². The fraction of sp³-hybridized carbons (Fsp3) is 0.250. The van der Waals surface area contributed by atoms with Gasteiger partial charge in [0.25, 0.3) is 0 Å². The van der Waals surface area contributed by atoms with Gasteiger partial charge in [0.1, 0.15) is 4.33 Å². The Morgan fingerprint density at radius 3 is 2.05 bits per heavy atom. The second kappa shape index (κ2) is 5.72. The summed E-state index contributed by atoms with van der Waals surface area (Å²) in [5.41, 5.74) is 0.700. The number of hydrogen-bond acceptors (Lipinski definition) is 2. The molecule has 116 valence electrons. The molecule has 6 heteroatoms. The zero-order valence-corrected chi connectivity index (χ0v) is 14.5. The maximum atomic E-state index is 13.1. The third-order valence-electron chi connectivity index (χ3n) is 3.84. The summed E-state index contributed by atoms with van der Waals surface area (Å²) in [7, 11) is -3.61. The minimum Gasteiger partial charge on any atom is -0.223 e. The van der Waals surface area contributed by atoms with Crippen LogP contribution in [0.3, 0.4) is 0 Å². The van der Waals surface area contributed by atoms with Crippen molar-refractivity contribution in [1.82, 2.24) is 0 Å². The fourth-order valence-corrected chi connectivity index (χ4v) is 5.55. The lowest BCUT2D eigenvalue weighted by atomic mass is 10.1. The van der Waals surface area contributed by atoms with Crippen LogP contribution in [0.5, 0.6) is 0 Å². The number of halogens is 3. The van der Waals surface area contributed by atoms with E-state index in [1.807, 2.05) is 18.2 Å². The summed E-state index contributed by atoms with van der Waals surface area (Å²) >= 11 is 18.1. The van der Waals surface area contributed by atoms with Gasteiger partial charge in [0, 0.05) is 10.9 Å². The van der Waals surface area contributed by atoms with Gasteiger partial charge in [-0.05, 0) is 36.2 Å². The zero-order valence-electron chi connectivity index (χ0n) is 11.4. The predicted octanol–water partition coefficient (Wildman–Crippen LogP) is 5.05. The Morgan fingerprint density at radius 2 is 1.55 bits per heavy atom.